The van der Waals surface area contributed by atoms with Gasteiger partial charge in [0, 0.05) is 12.8 Å². The minimum absolute atomic E-state index is 0.0440. The molecular weight excluding hydrogens is 508 g/mol. The van der Waals surface area contributed by atoms with Crippen molar-refractivity contribution in [1.82, 2.24) is 16.0 Å². The van der Waals surface area contributed by atoms with Crippen molar-refractivity contribution in [3.05, 3.63) is 71.8 Å². The molecule has 0 heterocycles. The summed E-state index contributed by atoms with van der Waals surface area (Å²) in [5.74, 6) is -5.12. The van der Waals surface area contributed by atoms with E-state index >= 15 is 0 Å². The van der Waals surface area contributed by atoms with Gasteiger partial charge in [-0.2, -0.15) is 0 Å². The Morgan fingerprint density at radius 3 is 1.74 bits per heavy atom. The third-order valence-electron chi connectivity index (χ3n) is 5.87. The first-order chi connectivity index (χ1) is 18.5. The number of rotatable bonds is 15. The summed E-state index contributed by atoms with van der Waals surface area (Å²) in [6, 6.07) is 12.3. The van der Waals surface area contributed by atoms with Crippen LogP contribution in [0.3, 0.4) is 0 Å². The fourth-order valence-electron chi connectivity index (χ4n) is 3.74. The van der Waals surface area contributed by atoms with Crippen molar-refractivity contribution in [2.45, 2.75) is 62.9 Å². The van der Waals surface area contributed by atoms with E-state index < -0.39 is 66.4 Å². The van der Waals surface area contributed by atoms with E-state index in [4.69, 9.17) is 10.8 Å². The molecule has 0 saturated heterocycles. The number of carbonyl (C=O) groups excluding carboxylic acids is 3. The van der Waals surface area contributed by atoms with E-state index in [1.807, 2.05) is 6.07 Å². The summed E-state index contributed by atoms with van der Waals surface area (Å²) >= 11 is 0. The van der Waals surface area contributed by atoms with Gasteiger partial charge in [-0.3, -0.25) is 19.2 Å². The monoisotopic (exact) mass is 542 g/mol. The fraction of sp³-hybridized carbons (Fsp3) is 0.370. The van der Waals surface area contributed by atoms with Crippen molar-refractivity contribution in [1.29, 1.82) is 0 Å². The molecule has 2 aromatic carbocycles. The zero-order chi connectivity index (χ0) is 28.9. The molecule has 39 heavy (non-hydrogen) atoms. The molecule has 3 amide bonds. The SMILES string of the molecule is CC(O)C(NC(=O)C(N)Cc1ccccc1)C(=O)NC(Cc1ccccc1)C(=O)NC(CCC(=O)O)C(=O)O. The maximum absolute atomic E-state index is 13.1. The van der Waals surface area contributed by atoms with Crippen LogP contribution in [0.1, 0.15) is 30.9 Å². The summed E-state index contributed by atoms with van der Waals surface area (Å²) in [4.78, 5) is 61.4. The molecule has 210 valence electrons. The Kier molecular flexibility index (Phi) is 12.1. The van der Waals surface area contributed by atoms with E-state index in [1.54, 1.807) is 54.6 Å². The van der Waals surface area contributed by atoms with E-state index in [1.165, 1.54) is 6.92 Å². The fourth-order valence-corrected chi connectivity index (χ4v) is 3.74. The van der Waals surface area contributed by atoms with Crippen LogP contribution in [0.2, 0.25) is 0 Å². The molecule has 0 aliphatic heterocycles. The number of benzene rings is 2. The molecule has 0 bridgehead atoms. The largest absolute Gasteiger partial charge is 0.481 e. The topological polar surface area (TPSA) is 208 Å². The van der Waals surface area contributed by atoms with Gasteiger partial charge in [0.1, 0.15) is 18.1 Å². The Balaban J connectivity index is 2.17. The van der Waals surface area contributed by atoms with Gasteiger partial charge in [-0.25, -0.2) is 4.79 Å². The Morgan fingerprint density at radius 1 is 0.744 bits per heavy atom. The van der Waals surface area contributed by atoms with Crippen molar-refractivity contribution in [2.24, 2.45) is 5.73 Å². The van der Waals surface area contributed by atoms with Crippen LogP contribution in [-0.2, 0) is 36.8 Å². The summed E-state index contributed by atoms with van der Waals surface area (Å²) in [5, 5.41) is 35.7. The number of aliphatic hydroxyl groups excluding tert-OH is 1. The number of aliphatic carboxylic acids is 2. The number of hydrogen-bond donors (Lipinski definition) is 7. The van der Waals surface area contributed by atoms with Crippen LogP contribution in [-0.4, -0.2) is 75.3 Å². The van der Waals surface area contributed by atoms with Gasteiger partial charge < -0.3 is 37.0 Å². The molecule has 0 aliphatic rings. The van der Waals surface area contributed by atoms with E-state index in [9.17, 15) is 34.2 Å². The second-order valence-corrected chi connectivity index (χ2v) is 9.11. The van der Waals surface area contributed by atoms with Crippen LogP contribution in [0.4, 0.5) is 0 Å². The van der Waals surface area contributed by atoms with E-state index in [0.29, 0.717) is 5.56 Å². The first-order valence-electron chi connectivity index (χ1n) is 12.3. The standard InChI is InChI=1S/C27H34N4O8/c1-16(32)23(31-24(35)19(28)14-17-8-4-2-5-9-17)26(37)30-21(15-18-10-6-3-7-11-18)25(36)29-20(27(38)39)12-13-22(33)34/h2-11,16,19-21,23,32H,12-15,28H2,1H3,(H,29,36)(H,30,37)(H,31,35)(H,33,34)(H,38,39). The number of aliphatic hydroxyl groups is 1. The van der Waals surface area contributed by atoms with Crippen LogP contribution < -0.4 is 21.7 Å². The average Bonchev–Trinajstić information content (AvgIpc) is 2.89. The van der Waals surface area contributed by atoms with Crippen molar-refractivity contribution in [3.63, 3.8) is 0 Å². The third kappa shape index (κ3) is 10.5. The zero-order valence-corrected chi connectivity index (χ0v) is 21.4. The van der Waals surface area contributed by atoms with Gasteiger partial charge in [-0.15, -0.1) is 0 Å². The maximum atomic E-state index is 13.1. The Morgan fingerprint density at radius 2 is 1.26 bits per heavy atom. The molecule has 0 saturated carbocycles. The summed E-state index contributed by atoms with van der Waals surface area (Å²) in [6.45, 7) is 1.28. The smallest absolute Gasteiger partial charge is 0.326 e. The summed E-state index contributed by atoms with van der Waals surface area (Å²) in [7, 11) is 0. The number of carbonyl (C=O) groups is 5. The van der Waals surface area contributed by atoms with Crippen molar-refractivity contribution in [2.75, 3.05) is 0 Å². The lowest BCUT2D eigenvalue weighted by molar-refractivity contribution is -0.143. The molecule has 0 aromatic heterocycles. The highest BCUT2D eigenvalue weighted by Gasteiger charge is 2.32. The number of nitrogens with one attached hydrogen (secondary N) is 3. The highest BCUT2D eigenvalue weighted by molar-refractivity contribution is 5.94. The highest BCUT2D eigenvalue weighted by atomic mass is 16.4. The molecule has 2 aromatic rings. The van der Waals surface area contributed by atoms with Gasteiger partial charge in [0.25, 0.3) is 0 Å². The molecule has 8 N–H and O–H groups in total. The van der Waals surface area contributed by atoms with Crippen LogP contribution in [0.5, 0.6) is 0 Å². The lowest BCUT2D eigenvalue weighted by atomic mass is 10.0. The molecule has 2 rings (SSSR count). The Labute approximate surface area is 225 Å². The molecule has 12 heteroatoms. The van der Waals surface area contributed by atoms with Gasteiger partial charge in [0.05, 0.1) is 12.1 Å². The zero-order valence-electron chi connectivity index (χ0n) is 21.4. The van der Waals surface area contributed by atoms with Crippen LogP contribution in [0, 0.1) is 0 Å². The molecular formula is C27H34N4O8. The molecule has 5 atom stereocenters. The quantitative estimate of drug-likeness (QED) is 0.156. The second-order valence-electron chi connectivity index (χ2n) is 9.11. The molecule has 0 fully saturated rings. The summed E-state index contributed by atoms with van der Waals surface area (Å²) < 4.78 is 0. The second kappa shape index (κ2) is 15.2. The third-order valence-corrected chi connectivity index (χ3v) is 5.87. The van der Waals surface area contributed by atoms with Crippen molar-refractivity contribution < 1.29 is 39.3 Å². The van der Waals surface area contributed by atoms with E-state index in [2.05, 4.69) is 16.0 Å². The van der Waals surface area contributed by atoms with E-state index in [-0.39, 0.29) is 19.3 Å². The van der Waals surface area contributed by atoms with Crippen LogP contribution in [0.15, 0.2) is 60.7 Å². The molecule has 12 nitrogen and oxygen atoms in total. The predicted octanol–water partition coefficient (Wildman–Crippen LogP) is -0.416. The lowest BCUT2D eigenvalue weighted by Gasteiger charge is -2.26. The summed E-state index contributed by atoms with van der Waals surface area (Å²) in [5.41, 5.74) is 7.43. The Bertz CT molecular complexity index is 1130. The van der Waals surface area contributed by atoms with Gasteiger partial charge >= 0.3 is 11.9 Å². The highest BCUT2D eigenvalue weighted by Crippen LogP contribution is 2.08. The van der Waals surface area contributed by atoms with Crippen molar-refractivity contribution >= 4 is 29.7 Å². The number of carboxylic acids is 2. The van der Waals surface area contributed by atoms with Gasteiger partial charge in [0.15, 0.2) is 0 Å². The van der Waals surface area contributed by atoms with Crippen LogP contribution >= 0.6 is 0 Å². The lowest BCUT2D eigenvalue weighted by Crippen LogP contribution is -2.60. The van der Waals surface area contributed by atoms with Gasteiger partial charge in [0.2, 0.25) is 17.7 Å². The minimum Gasteiger partial charge on any atom is -0.481 e. The average molecular weight is 543 g/mol. The first kappa shape index (κ1) is 30.9. The van der Waals surface area contributed by atoms with E-state index in [0.717, 1.165) is 5.56 Å². The van der Waals surface area contributed by atoms with Gasteiger partial charge in [-0.1, -0.05) is 60.7 Å². The molecule has 0 spiro atoms. The summed E-state index contributed by atoms with van der Waals surface area (Å²) in [6.07, 6.45) is -2.08. The molecule has 0 aliphatic carbocycles. The molecule has 0 radical (unpaired) electrons. The Hall–Kier alpha value is -4.29. The van der Waals surface area contributed by atoms with Gasteiger partial charge in [-0.05, 0) is 30.9 Å². The number of nitrogens with two attached hydrogens (primary N) is 1. The minimum atomic E-state index is -1.51. The maximum Gasteiger partial charge on any atom is 0.326 e. The molecule has 5 unspecified atom stereocenters. The number of hydrogen-bond acceptors (Lipinski definition) is 7. The normalized spacial score (nSPS) is 14.6. The first-order valence-corrected chi connectivity index (χ1v) is 12.3. The van der Waals surface area contributed by atoms with Crippen molar-refractivity contribution in [3.8, 4) is 0 Å². The predicted molar refractivity (Wildman–Crippen MR) is 140 cm³/mol. The number of carboxylic acid groups (broad SMARTS) is 2. The number of amides is 3. The van der Waals surface area contributed by atoms with Crippen LogP contribution in [0.25, 0.3) is 0 Å².